The number of phenols is 1. The third-order valence-corrected chi connectivity index (χ3v) is 5.71. The van der Waals surface area contributed by atoms with Crippen molar-refractivity contribution < 1.29 is 19.4 Å². The van der Waals surface area contributed by atoms with Gasteiger partial charge in [0.1, 0.15) is 11.5 Å². The normalized spacial score (nSPS) is 10.7. The van der Waals surface area contributed by atoms with E-state index in [0.717, 1.165) is 18.4 Å². The maximum absolute atomic E-state index is 11.8. The summed E-state index contributed by atoms with van der Waals surface area (Å²) >= 11 is 0. The summed E-state index contributed by atoms with van der Waals surface area (Å²) in [5, 5.41) is 10.8. The number of hydrogen-bond acceptors (Lipinski definition) is 7. The number of carbonyl (C=O) groups is 1. The standard InChI is InChI=1S/C29H29N3O4/c1-3-4-5-9-18-36-23-16-17-24(25(33)19-23)28-31-26(20-10-7-6-8-11-20)30-27(32-28)21-12-14-22(15-13-21)29(34)35-2/h6-8,10-17,19,33H,3-5,9,18H2,1-2H3. The van der Waals surface area contributed by atoms with Crippen molar-refractivity contribution in [2.75, 3.05) is 13.7 Å². The fourth-order valence-electron chi connectivity index (χ4n) is 3.72. The molecule has 0 bridgehead atoms. The van der Waals surface area contributed by atoms with Gasteiger partial charge in [0.05, 0.1) is 24.8 Å². The Kier molecular flexibility index (Phi) is 8.24. The van der Waals surface area contributed by atoms with Crippen LogP contribution in [0.4, 0.5) is 0 Å². The monoisotopic (exact) mass is 483 g/mol. The topological polar surface area (TPSA) is 94.4 Å². The van der Waals surface area contributed by atoms with Gasteiger partial charge in [0.15, 0.2) is 17.5 Å². The van der Waals surface area contributed by atoms with Crippen molar-refractivity contribution in [3.05, 3.63) is 78.4 Å². The Labute approximate surface area is 210 Å². The first-order chi connectivity index (χ1) is 17.6. The quantitative estimate of drug-likeness (QED) is 0.208. The Morgan fingerprint density at radius 2 is 1.47 bits per heavy atom. The van der Waals surface area contributed by atoms with E-state index in [9.17, 15) is 9.90 Å². The third kappa shape index (κ3) is 6.05. The van der Waals surface area contributed by atoms with Crippen LogP contribution in [0.2, 0.25) is 0 Å². The van der Waals surface area contributed by atoms with Crippen molar-refractivity contribution in [1.29, 1.82) is 0 Å². The first-order valence-electron chi connectivity index (χ1n) is 12.1. The van der Waals surface area contributed by atoms with E-state index in [1.165, 1.54) is 20.0 Å². The van der Waals surface area contributed by atoms with Gasteiger partial charge in [0.2, 0.25) is 0 Å². The average molecular weight is 484 g/mol. The van der Waals surface area contributed by atoms with E-state index in [-0.39, 0.29) is 5.75 Å². The SMILES string of the molecule is CCCCCCOc1ccc(-c2nc(-c3ccccc3)nc(-c3ccc(C(=O)OC)cc3)n2)c(O)c1. The van der Waals surface area contributed by atoms with E-state index in [4.69, 9.17) is 9.47 Å². The Morgan fingerprint density at radius 1 is 0.806 bits per heavy atom. The molecule has 1 heterocycles. The highest BCUT2D eigenvalue weighted by Gasteiger charge is 2.16. The second-order valence-corrected chi connectivity index (χ2v) is 8.33. The van der Waals surface area contributed by atoms with Crippen LogP contribution in [0.5, 0.6) is 11.5 Å². The predicted octanol–water partition coefficient (Wildman–Crippen LogP) is 6.32. The van der Waals surface area contributed by atoms with Gasteiger partial charge >= 0.3 is 5.97 Å². The van der Waals surface area contributed by atoms with E-state index < -0.39 is 5.97 Å². The van der Waals surface area contributed by atoms with Gasteiger partial charge < -0.3 is 14.6 Å². The van der Waals surface area contributed by atoms with Crippen LogP contribution >= 0.6 is 0 Å². The van der Waals surface area contributed by atoms with Crippen LogP contribution < -0.4 is 4.74 Å². The first kappa shape index (κ1) is 24.9. The number of aromatic nitrogens is 3. The number of hydrogen-bond donors (Lipinski definition) is 1. The molecule has 0 saturated heterocycles. The molecular formula is C29H29N3O4. The van der Waals surface area contributed by atoms with Crippen molar-refractivity contribution in [2.45, 2.75) is 32.6 Å². The molecule has 3 aromatic carbocycles. The lowest BCUT2D eigenvalue weighted by Gasteiger charge is -2.11. The van der Waals surface area contributed by atoms with Gasteiger partial charge in [-0.05, 0) is 30.7 Å². The van der Waals surface area contributed by atoms with E-state index in [1.54, 1.807) is 36.4 Å². The molecule has 0 amide bonds. The van der Waals surface area contributed by atoms with Crippen LogP contribution in [0.15, 0.2) is 72.8 Å². The van der Waals surface area contributed by atoms with Gasteiger partial charge in [-0.2, -0.15) is 0 Å². The molecule has 1 aromatic heterocycles. The number of ether oxygens (including phenoxy) is 2. The lowest BCUT2D eigenvalue weighted by molar-refractivity contribution is 0.0600. The molecule has 184 valence electrons. The zero-order valence-electron chi connectivity index (χ0n) is 20.5. The smallest absolute Gasteiger partial charge is 0.337 e. The second-order valence-electron chi connectivity index (χ2n) is 8.33. The van der Waals surface area contributed by atoms with Crippen molar-refractivity contribution in [3.63, 3.8) is 0 Å². The summed E-state index contributed by atoms with van der Waals surface area (Å²) in [5.41, 5.74) is 2.43. The summed E-state index contributed by atoms with van der Waals surface area (Å²) in [6, 6.07) is 21.6. The highest BCUT2D eigenvalue weighted by atomic mass is 16.5. The molecule has 0 unspecified atom stereocenters. The van der Waals surface area contributed by atoms with Crippen LogP contribution in [-0.2, 0) is 4.74 Å². The summed E-state index contributed by atoms with van der Waals surface area (Å²) < 4.78 is 10.6. The molecule has 0 spiro atoms. The average Bonchev–Trinajstić information content (AvgIpc) is 2.93. The van der Waals surface area contributed by atoms with Crippen LogP contribution in [0.1, 0.15) is 43.0 Å². The molecule has 0 aliphatic carbocycles. The molecule has 4 aromatic rings. The molecular weight excluding hydrogens is 454 g/mol. The number of aromatic hydroxyl groups is 1. The minimum atomic E-state index is -0.416. The Hall–Kier alpha value is -4.26. The summed E-state index contributed by atoms with van der Waals surface area (Å²) in [6.45, 7) is 2.78. The van der Waals surface area contributed by atoms with E-state index in [0.29, 0.717) is 46.5 Å². The van der Waals surface area contributed by atoms with E-state index in [2.05, 4.69) is 21.9 Å². The number of nitrogens with zero attached hydrogens (tertiary/aromatic N) is 3. The largest absolute Gasteiger partial charge is 0.507 e. The highest BCUT2D eigenvalue weighted by Crippen LogP contribution is 2.32. The van der Waals surface area contributed by atoms with E-state index in [1.807, 2.05) is 36.4 Å². The number of carbonyl (C=O) groups excluding carboxylic acids is 1. The molecule has 4 rings (SSSR count). The molecule has 0 aliphatic rings. The van der Waals surface area contributed by atoms with Crippen LogP contribution in [0.3, 0.4) is 0 Å². The fourth-order valence-corrected chi connectivity index (χ4v) is 3.72. The minimum Gasteiger partial charge on any atom is -0.507 e. The fraction of sp³-hybridized carbons (Fsp3) is 0.241. The van der Waals surface area contributed by atoms with Gasteiger partial charge in [-0.1, -0.05) is 68.7 Å². The molecule has 0 saturated carbocycles. The molecule has 0 radical (unpaired) electrons. The van der Waals surface area contributed by atoms with Crippen molar-refractivity contribution in [2.24, 2.45) is 0 Å². The molecule has 7 nitrogen and oxygen atoms in total. The first-order valence-corrected chi connectivity index (χ1v) is 12.1. The maximum Gasteiger partial charge on any atom is 0.337 e. The van der Waals surface area contributed by atoms with Crippen LogP contribution in [-0.4, -0.2) is 39.7 Å². The summed E-state index contributed by atoms with van der Waals surface area (Å²) in [7, 11) is 1.34. The van der Waals surface area contributed by atoms with Gasteiger partial charge in [-0.15, -0.1) is 0 Å². The van der Waals surface area contributed by atoms with Gasteiger partial charge in [-0.3, -0.25) is 0 Å². The molecule has 7 heteroatoms. The molecule has 36 heavy (non-hydrogen) atoms. The Balaban J connectivity index is 1.68. The van der Waals surface area contributed by atoms with Crippen molar-refractivity contribution >= 4 is 5.97 Å². The minimum absolute atomic E-state index is 0.0262. The summed E-state index contributed by atoms with van der Waals surface area (Å²) in [4.78, 5) is 25.8. The third-order valence-electron chi connectivity index (χ3n) is 5.71. The Morgan fingerprint density at radius 3 is 2.11 bits per heavy atom. The van der Waals surface area contributed by atoms with E-state index >= 15 is 0 Å². The second kappa shape index (κ2) is 11.9. The number of benzene rings is 3. The maximum atomic E-state index is 11.8. The van der Waals surface area contributed by atoms with Crippen molar-refractivity contribution in [1.82, 2.24) is 15.0 Å². The molecule has 0 atom stereocenters. The zero-order valence-corrected chi connectivity index (χ0v) is 20.5. The number of phenolic OH excluding ortho intramolecular Hbond substituents is 1. The number of methoxy groups -OCH3 is 1. The van der Waals surface area contributed by atoms with Gasteiger partial charge in [-0.25, -0.2) is 19.7 Å². The number of esters is 1. The lowest BCUT2D eigenvalue weighted by Crippen LogP contribution is -2.02. The summed E-state index contributed by atoms with van der Waals surface area (Å²) in [5.74, 6) is 1.44. The van der Waals surface area contributed by atoms with Crippen molar-refractivity contribution in [3.8, 4) is 45.7 Å². The number of rotatable bonds is 10. The molecule has 0 fully saturated rings. The Bertz CT molecular complexity index is 1310. The van der Waals surface area contributed by atoms with Crippen LogP contribution in [0, 0.1) is 0 Å². The predicted molar refractivity (Wildman–Crippen MR) is 139 cm³/mol. The van der Waals surface area contributed by atoms with Crippen LogP contribution in [0.25, 0.3) is 34.2 Å². The molecule has 1 N–H and O–H groups in total. The molecule has 0 aliphatic heterocycles. The zero-order chi connectivity index (χ0) is 25.3. The van der Waals surface area contributed by atoms with Gasteiger partial charge in [0.25, 0.3) is 0 Å². The highest BCUT2D eigenvalue weighted by molar-refractivity contribution is 5.89. The number of unbranched alkanes of at least 4 members (excludes halogenated alkanes) is 3. The van der Waals surface area contributed by atoms with Gasteiger partial charge in [0, 0.05) is 17.2 Å². The lowest BCUT2D eigenvalue weighted by atomic mass is 10.1. The summed E-state index contributed by atoms with van der Waals surface area (Å²) in [6.07, 6.45) is 4.45.